The second-order valence-electron chi connectivity index (χ2n) is 10.5. The van der Waals surface area contributed by atoms with Gasteiger partial charge in [-0.15, -0.1) is 0 Å². The fourth-order valence-corrected chi connectivity index (χ4v) is 6.38. The van der Waals surface area contributed by atoms with Gasteiger partial charge < -0.3 is 29.0 Å². The SMILES string of the molecule is COc1ccccc1C1C=C2NC(C)=C(C(=O)OC3CCCC3)C(c3cc(OC)c(OC)c(OC)c3)C2C(=O)C1. The summed E-state index contributed by atoms with van der Waals surface area (Å²) in [6.07, 6.45) is 6.06. The second kappa shape index (κ2) is 11.7. The summed E-state index contributed by atoms with van der Waals surface area (Å²) in [6.45, 7) is 1.87. The lowest BCUT2D eigenvalue weighted by Crippen LogP contribution is -2.42. The first-order valence-corrected chi connectivity index (χ1v) is 13.8. The maximum Gasteiger partial charge on any atom is 0.336 e. The Kier molecular flexibility index (Phi) is 8.05. The Hall–Kier alpha value is -3.94. The van der Waals surface area contributed by atoms with Gasteiger partial charge in [0.05, 0.1) is 39.9 Å². The van der Waals surface area contributed by atoms with E-state index >= 15 is 0 Å². The van der Waals surface area contributed by atoms with Gasteiger partial charge in [0.2, 0.25) is 5.75 Å². The molecule has 1 saturated carbocycles. The molecular weight excluding hydrogens is 510 g/mol. The summed E-state index contributed by atoms with van der Waals surface area (Å²) in [4.78, 5) is 27.8. The van der Waals surface area contributed by atoms with Crippen LogP contribution in [0.4, 0.5) is 0 Å². The second-order valence-corrected chi connectivity index (χ2v) is 10.5. The normalized spacial score (nSPS) is 22.7. The van der Waals surface area contributed by atoms with Crippen LogP contribution in [0.25, 0.3) is 0 Å². The topological polar surface area (TPSA) is 92.3 Å². The molecule has 3 atom stereocenters. The number of hydrogen-bond acceptors (Lipinski definition) is 8. The van der Waals surface area contributed by atoms with Crippen molar-refractivity contribution in [3.05, 3.63) is 70.6 Å². The molecule has 1 fully saturated rings. The lowest BCUT2D eigenvalue weighted by Gasteiger charge is -2.40. The molecule has 3 unspecified atom stereocenters. The number of Topliss-reactive ketones (excluding diaryl/α,β-unsaturated/α-hetero) is 1. The molecule has 40 heavy (non-hydrogen) atoms. The van der Waals surface area contributed by atoms with E-state index < -0.39 is 17.8 Å². The molecule has 0 bridgehead atoms. The van der Waals surface area contributed by atoms with E-state index in [2.05, 4.69) is 11.4 Å². The molecule has 0 aromatic heterocycles. The lowest BCUT2D eigenvalue weighted by atomic mass is 9.68. The first-order valence-electron chi connectivity index (χ1n) is 13.8. The summed E-state index contributed by atoms with van der Waals surface area (Å²) in [6, 6.07) is 11.4. The molecule has 0 radical (unpaired) electrons. The number of para-hydroxylation sites is 1. The first-order chi connectivity index (χ1) is 19.4. The van der Waals surface area contributed by atoms with Gasteiger partial charge in [-0.3, -0.25) is 4.79 Å². The van der Waals surface area contributed by atoms with Crippen LogP contribution in [0.15, 0.2) is 59.4 Å². The fourth-order valence-electron chi connectivity index (χ4n) is 6.38. The van der Waals surface area contributed by atoms with Gasteiger partial charge in [-0.1, -0.05) is 24.3 Å². The smallest absolute Gasteiger partial charge is 0.336 e. The van der Waals surface area contributed by atoms with E-state index in [4.69, 9.17) is 23.7 Å². The van der Waals surface area contributed by atoms with E-state index in [1.807, 2.05) is 43.3 Å². The molecule has 5 rings (SSSR count). The van der Waals surface area contributed by atoms with Crippen LogP contribution in [0.3, 0.4) is 0 Å². The van der Waals surface area contributed by atoms with Gasteiger partial charge in [0.15, 0.2) is 11.5 Å². The van der Waals surface area contributed by atoms with Crippen LogP contribution in [0.2, 0.25) is 0 Å². The van der Waals surface area contributed by atoms with Crippen LogP contribution in [-0.4, -0.2) is 46.3 Å². The Labute approximate surface area is 235 Å². The number of nitrogens with one attached hydrogen (secondary N) is 1. The summed E-state index contributed by atoms with van der Waals surface area (Å²) < 4.78 is 28.4. The van der Waals surface area contributed by atoms with Crippen LogP contribution in [0, 0.1) is 5.92 Å². The van der Waals surface area contributed by atoms with Crippen molar-refractivity contribution in [1.82, 2.24) is 5.32 Å². The summed E-state index contributed by atoms with van der Waals surface area (Å²) in [5.74, 6) is 0.357. The van der Waals surface area contributed by atoms with Gasteiger partial charge in [-0.25, -0.2) is 4.79 Å². The number of hydrogen-bond donors (Lipinski definition) is 1. The number of rotatable bonds is 8. The van der Waals surface area contributed by atoms with Crippen molar-refractivity contribution in [2.75, 3.05) is 28.4 Å². The third-order valence-electron chi connectivity index (χ3n) is 8.24. The number of carbonyl (C=O) groups excluding carboxylic acids is 2. The molecular formula is C32H37NO7. The van der Waals surface area contributed by atoms with Crippen molar-refractivity contribution in [2.45, 2.75) is 57.0 Å². The van der Waals surface area contributed by atoms with Crippen LogP contribution < -0.4 is 24.3 Å². The summed E-state index contributed by atoms with van der Waals surface area (Å²) in [5.41, 5.74) is 3.54. The summed E-state index contributed by atoms with van der Waals surface area (Å²) in [7, 11) is 6.28. The molecule has 2 aromatic carbocycles. The third-order valence-corrected chi connectivity index (χ3v) is 8.24. The molecule has 0 spiro atoms. The molecule has 1 N–H and O–H groups in total. The van der Waals surface area contributed by atoms with E-state index in [1.165, 1.54) is 0 Å². The van der Waals surface area contributed by atoms with Gasteiger partial charge in [0.25, 0.3) is 0 Å². The van der Waals surface area contributed by atoms with Crippen molar-refractivity contribution >= 4 is 11.8 Å². The summed E-state index contributed by atoms with van der Waals surface area (Å²) in [5, 5.41) is 3.41. The van der Waals surface area contributed by atoms with E-state index in [9.17, 15) is 9.59 Å². The molecule has 1 aliphatic heterocycles. The number of ketones is 1. The maximum absolute atomic E-state index is 14.1. The van der Waals surface area contributed by atoms with E-state index in [1.54, 1.807) is 28.4 Å². The van der Waals surface area contributed by atoms with Crippen LogP contribution in [0.5, 0.6) is 23.0 Å². The number of benzene rings is 2. The highest BCUT2D eigenvalue weighted by Gasteiger charge is 2.46. The molecule has 2 aliphatic carbocycles. The Morgan fingerprint density at radius 3 is 2.15 bits per heavy atom. The van der Waals surface area contributed by atoms with Gasteiger partial charge in [-0.05, 0) is 56.4 Å². The highest BCUT2D eigenvalue weighted by atomic mass is 16.5. The number of esters is 1. The van der Waals surface area contributed by atoms with Crippen molar-refractivity contribution in [1.29, 1.82) is 0 Å². The van der Waals surface area contributed by atoms with E-state index in [0.717, 1.165) is 42.7 Å². The van der Waals surface area contributed by atoms with Gasteiger partial charge in [-0.2, -0.15) is 0 Å². The average molecular weight is 548 g/mol. The largest absolute Gasteiger partial charge is 0.496 e. The molecule has 8 nitrogen and oxygen atoms in total. The predicted octanol–water partition coefficient (Wildman–Crippen LogP) is 5.42. The van der Waals surface area contributed by atoms with Gasteiger partial charge in [0.1, 0.15) is 17.6 Å². The Morgan fingerprint density at radius 1 is 0.875 bits per heavy atom. The Bertz CT molecular complexity index is 1330. The maximum atomic E-state index is 14.1. The number of allylic oxidation sites excluding steroid dienone is 3. The highest BCUT2D eigenvalue weighted by Crippen LogP contribution is 2.50. The Balaban J connectivity index is 1.64. The average Bonchev–Trinajstić information content (AvgIpc) is 3.48. The van der Waals surface area contributed by atoms with Crippen LogP contribution in [-0.2, 0) is 14.3 Å². The van der Waals surface area contributed by atoms with Gasteiger partial charge in [0, 0.05) is 35.2 Å². The van der Waals surface area contributed by atoms with E-state index in [0.29, 0.717) is 34.1 Å². The minimum atomic E-state index is -0.608. The van der Waals surface area contributed by atoms with E-state index in [-0.39, 0.29) is 24.2 Å². The minimum Gasteiger partial charge on any atom is -0.496 e. The minimum absolute atomic E-state index is 0.0262. The van der Waals surface area contributed by atoms with Crippen molar-refractivity contribution in [3.63, 3.8) is 0 Å². The van der Waals surface area contributed by atoms with Crippen LogP contribution in [0.1, 0.15) is 62.0 Å². The molecule has 2 aromatic rings. The molecule has 0 amide bonds. The van der Waals surface area contributed by atoms with Crippen molar-refractivity contribution < 1.29 is 33.3 Å². The molecule has 3 aliphatic rings. The monoisotopic (exact) mass is 547 g/mol. The predicted molar refractivity (Wildman–Crippen MR) is 150 cm³/mol. The number of methoxy groups -OCH3 is 4. The first kappa shape index (κ1) is 27.6. The zero-order valence-electron chi connectivity index (χ0n) is 23.7. The van der Waals surface area contributed by atoms with Crippen molar-refractivity contribution in [2.24, 2.45) is 5.92 Å². The molecule has 212 valence electrons. The lowest BCUT2D eigenvalue weighted by molar-refractivity contribution is -0.144. The quantitative estimate of drug-likeness (QED) is 0.438. The van der Waals surface area contributed by atoms with Gasteiger partial charge >= 0.3 is 5.97 Å². The van der Waals surface area contributed by atoms with Crippen molar-refractivity contribution in [3.8, 4) is 23.0 Å². The number of ether oxygens (including phenoxy) is 5. The number of carbonyl (C=O) groups is 2. The molecule has 0 saturated heterocycles. The molecule has 1 heterocycles. The number of fused-ring (bicyclic) bond motifs is 1. The summed E-state index contributed by atoms with van der Waals surface area (Å²) >= 11 is 0. The Morgan fingerprint density at radius 2 is 1.52 bits per heavy atom. The standard InChI is InChI=1S/C32H37NO7/c1-18-28(32(35)40-21-10-6-7-11-21)29(20-16-26(37-3)31(39-5)27(17-20)38-4)30-23(33-18)14-19(15-24(30)34)22-12-8-9-13-25(22)36-2/h8-9,12-14,16-17,19,21,29-30,33H,6-7,10-11,15H2,1-5H3. The zero-order valence-corrected chi connectivity index (χ0v) is 23.7. The highest BCUT2D eigenvalue weighted by molar-refractivity contribution is 5.96. The third kappa shape index (κ3) is 5.03. The fraction of sp³-hybridized carbons (Fsp3) is 0.438. The van der Waals surface area contributed by atoms with Crippen LogP contribution >= 0.6 is 0 Å². The molecule has 8 heteroatoms. The zero-order chi connectivity index (χ0) is 28.4.